The number of halogens is 2. The third-order valence-corrected chi connectivity index (χ3v) is 3.39. The zero-order valence-corrected chi connectivity index (χ0v) is 12.2. The number of carbonyl (C=O) groups excluding carboxylic acids is 2. The molecule has 0 spiro atoms. The van der Waals surface area contributed by atoms with E-state index in [2.05, 4.69) is 21.2 Å². The molecule has 20 heavy (non-hydrogen) atoms. The maximum atomic E-state index is 13.0. The van der Waals surface area contributed by atoms with Gasteiger partial charge in [-0.2, -0.15) is 0 Å². The number of hydrogen-bond donors (Lipinski definition) is 1. The van der Waals surface area contributed by atoms with Crippen LogP contribution in [0, 0.1) is 5.82 Å². The van der Waals surface area contributed by atoms with Gasteiger partial charge in [-0.3, -0.25) is 9.59 Å². The largest absolute Gasteiger partial charge is 0.321 e. The van der Waals surface area contributed by atoms with Gasteiger partial charge in [0.25, 0.3) is 5.91 Å². The van der Waals surface area contributed by atoms with Crippen molar-refractivity contribution >= 4 is 33.3 Å². The molecule has 2 aromatic rings. The van der Waals surface area contributed by atoms with Crippen molar-refractivity contribution in [2.45, 2.75) is 6.92 Å². The van der Waals surface area contributed by atoms with E-state index in [0.29, 0.717) is 21.3 Å². The fourth-order valence-electron chi connectivity index (χ4n) is 1.76. The molecule has 0 radical (unpaired) electrons. The molecule has 0 aliphatic carbocycles. The van der Waals surface area contributed by atoms with Gasteiger partial charge < -0.3 is 5.32 Å². The minimum absolute atomic E-state index is 0.140. The first kappa shape index (κ1) is 14.4. The summed E-state index contributed by atoms with van der Waals surface area (Å²) in [5, 5.41) is 2.66. The van der Waals surface area contributed by atoms with Crippen molar-refractivity contribution in [2.75, 3.05) is 5.32 Å². The van der Waals surface area contributed by atoms with Crippen LogP contribution in [-0.4, -0.2) is 11.7 Å². The Morgan fingerprint density at radius 1 is 1.10 bits per heavy atom. The molecule has 102 valence electrons. The zero-order valence-electron chi connectivity index (χ0n) is 10.6. The lowest BCUT2D eigenvalue weighted by Crippen LogP contribution is -2.14. The van der Waals surface area contributed by atoms with E-state index in [1.807, 2.05) is 0 Å². The lowest BCUT2D eigenvalue weighted by atomic mass is 10.1. The van der Waals surface area contributed by atoms with Gasteiger partial charge in [-0.05, 0) is 53.2 Å². The van der Waals surface area contributed by atoms with Crippen molar-refractivity contribution in [3.63, 3.8) is 0 Å². The summed E-state index contributed by atoms with van der Waals surface area (Å²) in [7, 11) is 0. The molecule has 5 heteroatoms. The average molecular weight is 336 g/mol. The molecule has 3 nitrogen and oxygen atoms in total. The number of benzene rings is 2. The summed E-state index contributed by atoms with van der Waals surface area (Å²) in [5.74, 6) is -0.984. The first-order valence-corrected chi connectivity index (χ1v) is 6.64. The standard InChI is InChI=1S/C15H11BrFNO2/c1-9(19)11-4-2-3-5-14(11)18-15(20)12-7-6-10(17)8-13(12)16/h2-8H,1H3,(H,18,20). The second-order valence-electron chi connectivity index (χ2n) is 4.18. The molecule has 0 aliphatic rings. The van der Waals surface area contributed by atoms with Crippen LogP contribution < -0.4 is 5.32 Å². The number of ketones is 1. The zero-order chi connectivity index (χ0) is 14.7. The Balaban J connectivity index is 2.30. The summed E-state index contributed by atoms with van der Waals surface area (Å²) in [4.78, 5) is 23.6. The highest BCUT2D eigenvalue weighted by atomic mass is 79.9. The van der Waals surface area contributed by atoms with E-state index in [4.69, 9.17) is 0 Å². The highest BCUT2D eigenvalue weighted by molar-refractivity contribution is 9.10. The van der Waals surface area contributed by atoms with Crippen LogP contribution in [-0.2, 0) is 0 Å². The van der Waals surface area contributed by atoms with E-state index < -0.39 is 11.7 Å². The van der Waals surface area contributed by atoms with Gasteiger partial charge in [0, 0.05) is 10.0 Å². The van der Waals surface area contributed by atoms with Crippen molar-refractivity contribution < 1.29 is 14.0 Å². The van der Waals surface area contributed by atoms with Gasteiger partial charge in [-0.15, -0.1) is 0 Å². The minimum Gasteiger partial charge on any atom is -0.321 e. The van der Waals surface area contributed by atoms with Crippen molar-refractivity contribution in [3.05, 3.63) is 63.9 Å². The van der Waals surface area contributed by atoms with Crippen molar-refractivity contribution in [3.8, 4) is 0 Å². The molecule has 0 unspecified atom stereocenters. The number of Topliss-reactive ketones (excluding diaryl/α,β-unsaturated/α-hetero) is 1. The highest BCUT2D eigenvalue weighted by Crippen LogP contribution is 2.21. The van der Waals surface area contributed by atoms with Crippen LogP contribution in [0.2, 0.25) is 0 Å². The number of carbonyl (C=O) groups is 2. The predicted octanol–water partition coefficient (Wildman–Crippen LogP) is 4.04. The second kappa shape index (κ2) is 5.96. The van der Waals surface area contributed by atoms with Crippen molar-refractivity contribution in [1.82, 2.24) is 0 Å². The van der Waals surface area contributed by atoms with Gasteiger partial charge in [-0.1, -0.05) is 12.1 Å². The Kier molecular flexibility index (Phi) is 4.29. The Morgan fingerprint density at radius 3 is 2.45 bits per heavy atom. The highest BCUT2D eigenvalue weighted by Gasteiger charge is 2.14. The van der Waals surface area contributed by atoms with Gasteiger partial charge >= 0.3 is 0 Å². The molecule has 1 N–H and O–H groups in total. The van der Waals surface area contributed by atoms with E-state index in [9.17, 15) is 14.0 Å². The van der Waals surface area contributed by atoms with Gasteiger partial charge in [0.05, 0.1) is 11.3 Å². The number of nitrogens with one attached hydrogen (secondary N) is 1. The van der Waals surface area contributed by atoms with E-state index in [0.717, 1.165) is 0 Å². The Morgan fingerprint density at radius 2 is 1.80 bits per heavy atom. The monoisotopic (exact) mass is 335 g/mol. The van der Waals surface area contributed by atoms with Crippen LogP contribution in [0.4, 0.5) is 10.1 Å². The molecule has 0 fully saturated rings. The van der Waals surface area contributed by atoms with E-state index >= 15 is 0 Å². The topological polar surface area (TPSA) is 46.2 Å². The summed E-state index contributed by atoms with van der Waals surface area (Å²) < 4.78 is 13.4. The Bertz CT molecular complexity index is 685. The molecule has 0 aromatic heterocycles. The number of amides is 1. The van der Waals surface area contributed by atoms with Crippen LogP contribution in [0.25, 0.3) is 0 Å². The number of para-hydroxylation sites is 1. The van der Waals surface area contributed by atoms with E-state index in [-0.39, 0.29) is 5.78 Å². The predicted molar refractivity (Wildman–Crippen MR) is 78.5 cm³/mol. The molecular weight excluding hydrogens is 325 g/mol. The first-order valence-electron chi connectivity index (χ1n) is 5.85. The summed E-state index contributed by atoms with van der Waals surface area (Å²) in [5.41, 5.74) is 1.16. The summed E-state index contributed by atoms with van der Waals surface area (Å²) in [6, 6.07) is 10.5. The van der Waals surface area contributed by atoms with Gasteiger partial charge in [0.2, 0.25) is 0 Å². The average Bonchev–Trinajstić information content (AvgIpc) is 2.38. The molecule has 1 amide bonds. The second-order valence-corrected chi connectivity index (χ2v) is 5.03. The maximum Gasteiger partial charge on any atom is 0.256 e. The first-order chi connectivity index (χ1) is 9.49. The van der Waals surface area contributed by atoms with Gasteiger partial charge in [0.1, 0.15) is 5.82 Å². The fraction of sp³-hybridized carbons (Fsp3) is 0.0667. The third kappa shape index (κ3) is 3.11. The molecule has 2 rings (SSSR count). The lowest BCUT2D eigenvalue weighted by molar-refractivity contribution is 0.101. The van der Waals surface area contributed by atoms with Crippen LogP contribution in [0.3, 0.4) is 0 Å². The number of rotatable bonds is 3. The summed E-state index contributed by atoms with van der Waals surface area (Å²) >= 11 is 3.14. The molecule has 0 bridgehead atoms. The van der Waals surface area contributed by atoms with Crippen molar-refractivity contribution in [1.29, 1.82) is 0 Å². The number of hydrogen-bond acceptors (Lipinski definition) is 2. The van der Waals surface area contributed by atoms with Crippen LogP contribution in [0.1, 0.15) is 27.6 Å². The van der Waals surface area contributed by atoms with Crippen LogP contribution in [0.15, 0.2) is 46.9 Å². The Labute approximate surface area is 123 Å². The minimum atomic E-state index is -0.433. The smallest absolute Gasteiger partial charge is 0.256 e. The van der Waals surface area contributed by atoms with Crippen LogP contribution in [0.5, 0.6) is 0 Å². The molecule has 0 heterocycles. The summed E-state index contributed by atoms with van der Waals surface area (Å²) in [6.07, 6.45) is 0. The normalized spacial score (nSPS) is 10.2. The van der Waals surface area contributed by atoms with Gasteiger partial charge in [-0.25, -0.2) is 4.39 Å². The number of anilines is 1. The Hall–Kier alpha value is -2.01. The molecule has 2 aromatic carbocycles. The summed E-state index contributed by atoms with van der Waals surface area (Å²) in [6.45, 7) is 1.43. The van der Waals surface area contributed by atoms with E-state index in [1.165, 1.54) is 25.1 Å². The maximum absolute atomic E-state index is 13.0. The molecule has 0 aliphatic heterocycles. The SMILES string of the molecule is CC(=O)c1ccccc1NC(=O)c1ccc(F)cc1Br. The lowest BCUT2D eigenvalue weighted by Gasteiger charge is -2.10. The molecule has 0 atom stereocenters. The third-order valence-electron chi connectivity index (χ3n) is 2.73. The van der Waals surface area contributed by atoms with Crippen LogP contribution >= 0.6 is 15.9 Å². The molecule has 0 saturated heterocycles. The van der Waals surface area contributed by atoms with Gasteiger partial charge in [0.15, 0.2) is 5.78 Å². The van der Waals surface area contributed by atoms with Crippen molar-refractivity contribution in [2.24, 2.45) is 0 Å². The quantitative estimate of drug-likeness (QED) is 0.860. The molecular formula is C15H11BrFNO2. The fourth-order valence-corrected chi connectivity index (χ4v) is 2.29. The molecule has 0 saturated carbocycles. The van der Waals surface area contributed by atoms with E-state index in [1.54, 1.807) is 24.3 Å².